The average Bonchev–Trinajstić information content (AvgIpc) is 3.12. The van der Waals surface area contributed by atoms with Crippen LogP contribution >= 0.6 is 0 Å². The molecule has 0 saturated carbocycles. The van der Waals surface area contributed by atoms with E-state index in [4.69, 9.17) is 0 Å². The van der Waals surface area contributed by atoms with E-state index in [1.807, 2.05) is 0 Å². The third-order valence-electron chi connectivity index (χ3n) is 5.34. The predicted octanol–water partition coefficient (Wildman–Crippen LogP) is 0.455. The molecule has 0 aromatic heterocycles. The fraction of sp³-hybridized carbons (Fsp3) is 0.250. The summed E-state index contributed by atoms with van der Waals surface area (Å²) in [5.74, 6) is 0. The van der Waals surface area contributed by atoms with Crippen molar-refractivity contribution in [3.8, 4) is 0 Å². The van der Waals surface area contributed by atoms with Gasteiger partial charge in [-0.15, -0.1) is 68.1 Å². The molecular weight excluding hydrogens is 450 g/mol. The molecule has 138 valence electrons. The normalized spacial score (nSPS) is 10.4. The van der Waals surface area contributed by atoms with Gasteiger partial charge in [0.25, 0.3) is 0 Å². The van der Waals surface area contributed by atoms with Crippen LogP contribution in [0.1, 0.15) is 33.4 Å². The van der Waals surface area contributed by atoms with Gasteiger partial charge in [-0.25, -0.2) is 0 Å². The van der Waals surface area contributed by atoms with Crippen molar-refractivity contribution >= 4 is 21.5 Å². The van der Waals surface area contributed by atoms with Gasteiger partial charge in [-0.1, -0.05) is 51.0 Å². The van der Waals surface area contributed by atoms with Crippen LogP contribution in [-0.2, 0) is 39.0 Å². The van der Waals surface area contributed by atoms with E-state index < -0.39 is 0 Å². The van der Waals surface area contributed by atoms with Crippen molar-refractivity contribution in [2.45, 2.75) is 40.5 Å². The minimum absolute atomic E-state index is 0. The number of fused-ring (bicyclic) bond motifs is 2. The van der Waals surface area contributed by atoms with Crippen LogP contribution in [0.4, 0.5) is 0 Å². The number of hydrogen-bond acceptors (Lipinski definition) is 0. The van der Waals surface area contributed by atoms with Gasteiger partial charge in [0, 0.05) is 0 Å². The Morgan fingerprint density at radius 1 is 0.630 bits per heavy atom. The summed E-state index contributed by atoms with van der Waals surface area (Å²) in [7, 11) is 0. The fourth-order valence-electron chi connectivity index (χ4n) is 4.00. The maximum absolute atomic E-state index is 2.34. The van der Waals surface area contributed by atoms with Crippen LogP contribution in [-0.4, -0.2) is 0 Å². The van der Waals surface area contributed by atoms with E-state index in [2.05, 4.69) is 76.2 Å². The van der Waals surface area contributed by atoms with E-state index in [1.165, 1.54) is 54.9 Å². The molecule has 27 heavy (non-hydrogen) atoms. The van der Waals surface area contributed by atoms with Gasteiger partial charge in [-0.3, -0.25) is 0 Å². The fourth-order valence-corrected chi connectivity index (χ4v) is 4.00. The molecule has 0 heterocycles. The van der Waals surface area contributed by atoms with Gasteiger partial charge in [0.15, 0.2) is 0 Å². The average molecular weight is 475 g/mol. The maximum atomic E-state index is 2.34. The van der Waals surface area contributed by atoms with Gasteiger partial charge in [0.1, 0.15) is 0 Å². The van der Waals surface area contributed by atoms with E-state index >= 15 is 0 Å². The first kappa shape index (κ1) is 24.2. The van der Waals surface area contributed by atoms with Crippen LogP contribution in [0.3, 0.4) is 0 Å². The summed E-state index contributed by atoms with van der Waals surface area (Å²) >= 11 is 0. The smallest absolute Gasteiger partial charge is 1.00 e. The Balaban J connectivity index is 0.00000121. The molecule has 4 rings (SSSR count). The molecule has 4 aromatic rings. The van der Waals surface area contributed by atoms with Gasteiger partial charge in [0.05, 0.1) is 0 Å². The molecule has 0 N–H and O–H groups in total. The SMILES string of the molecule is Cc1cc2c(CCc3ccc(C)c4[cH-]c(C)cc34)ccc(C)c2[cH-]1.[Cl-].[Cl-].[Zr+4]. The van der Waals surface area contributed by atoms with E-state index in [9.17, 15) is 0 Å². The maximum Gasteiger partial charge on any atom is 4.00 e. The van der Waals surface area contributed by atoms with Crippen LogP contribution in [0.2, 0.25) is 0 Å². The third kappa shape index (κ3) is 4.59. The molecule has 0 radical (unpaired) electrons. The van der Waals surface area contributed by atoms with Crippen LogP contribution in [0.25, 0.3) is 21.5 Å². The Bertz CT molecular complexity index is 967. The van der Waals surface area contributed by atoms with E-state index in [-0.39, 0.29) is 51.0 Å². The molecule has 0 aliphatic heterocycles. The largest absolute Gasteiger partial charge is 4.00 e. The van der Waals surface area contributed by atoms with Crippen molar-refractivity contribution in [3.05, 3.63) is 81.9 Å². The first-order valence-electron chi connectivity index (χ1n) is 8.84. The van der Waals surface area contributed by atoms with E-state index in [0.29, 0.717) is 0 Å². The molecule has 3 heteroatoms. The van der Waals surface area contributed by atoms with Crippen molar-refractivity contribution in [1.29, 1.82) is 0 Å². The quantitative estimate of drug-likeness (QED) is 0.379. The standard InChI is InChI=1S/C24H24.2ClH.Zr/c1-15-11-21-17(3)5-7-19(23(21)13-15)9-10-20-8-6-18(4)22-12-16(2)14-24(20)22;;;/h5-8,11-14H,9-10H2,1-4H3;2*1H;/q-2;;;+4/p-2. The molecule has 0 spiro atoms. The first-order valence-corrected chi connectivity index (χ1v) is 8.84. The molecule has 0 atom stereocenters. The summed E-state index contributed by atoms with van der Waals surface area (Å²) < 4.78 is 0. The second-order valence-corrected chi connectivity index (χ2v) is 7.30. The molecule has 0 saturated heterocycles. The minimum atomic E-state index is 0. The van der Waals surface area contributed by atoms with Crippen molar-refractivity contribution in [2.75, 3.05) is 0 Å². The summed E-state index contributed by atoms with van der Waals surface area (Å²) in [5, 5.41) is 5.72. The summed E-state index contributed by atoms with van der Waals surface area (Å²) in [6, 6.07) is 18.5. The first-order chi connectivity index (χ1) is 11.5. The number of hydrogen-bond donors (Lipinski definition) is 0. The van der Waals surface area contributed by atoms with Crippen molar-refractivity contribution in [1.82, 2.24) is 0 Å². The Hall–Kier alpha value is -0.877. The summed E-state index contributed by atoms with van der Waals surface area (Å²) in [6.45, 7) is 8.81. The molecule has 0 amide bonds. The Morgan fingerprint density at radius 2 is 1.00 bits per heavy atom. The van der Waals surface area contributed by atoms with Crippen molar-refractivity contribution < 1.29 is 51.0 Å². The Kier molecular flexibility index (Phi) is 8.55. The van der Waals surface area contributed by atoms with Crippen LogP contribution in [0, 0.1) is 27.7 Å². The monoisotopic (exact) mass is 472 g/mol. The molecule has 0 aliphatic carbocycles. The zero-order chi connectivity index (χ0) is 16.8. The second-order valence-electron chi connectivity index (χ2n) is 7.30. The van der Waals surface area contributed by atoms with Crippen LogP contribution < -0.4 is 24.8 Å². The number of benzene rings is 2. The van der Waals surface area contributed by atoms with Gasteiger partial charge < -0.3 is 24.8 Å². The van der Waals surface area contributed by atoms with Gasteiger partial charge >= 0.3 is 26.2 Å². The molecule has 0 unspecified atom stereocenters. The molecule has 0 fully saturated rings. The van der Waals surface area contributed by atoms with Crippen LogP contribution in [0.5, 0.6) is 0 Å². The van der Waals surface area contributed by atoms with E-state index in [1.54, 1.807) is 0 Å². The van der Waals surface area contributed by atoms with Gasteiger partial charge in [-0.2, -0.15) is 12.1 Å². The Labute approximate surface area is 194 Å². The molecule has 0 bridgehead atoms. The molecule has 0 aliphatic rings. The molecule has 4 aromatic carbocycles. The minimum Gasteiger partial charge on any atom is -1.00 e. The summed E-state index contributed by atoms with van der Waals surface area (Å²) in [4.78, 5) is 0. The van der Waals surface area contributed by atoms with Crippen LogP contribution in [0.15, 0.2) is 48.5 Å². The topological polar surface area (TPSA) is 0 Å². The zero-order valence-corrected chi connectivity index (χ0v) is 20.3. The second kappa shape index (κ2) is 9.55. The Morgan fingerprint density at radius 3 is 1.37 bits per heavy atom. The van der Waals surface area contributed by atoms with Crippen molar-refractivity contribution in [2.24, 2.45) is 0 Å². The molecular formula is C24H24Cl2Zr. The predicted molar refractivity (Wildman–Crippen MR) is 105 cm³/mol. The van der Waals surface area contributed by atoms with Gasteiger partial charge in [-0.05, 0) is 12.8 Å². The van der Waals surface area contributed by atoms with Crippen molar-refractivity contribution in [3.63, 3.8) is 0 Å². The number of aryl methyl sites for hydroxylation is 6. The number of rotatable bonds is 3. The molecule has 0 nitrogen and oxygen atoms in total. The summed E-state index contributed by atoms with van der Waals surface area (Å²) in [5.41, 5.74) is 8.44. The van der Waals surface area contributed by atoms with E-state index in [0.717, 1.165) is 12.8 Å². The summed E-state index contributed by atoms with van der Waals surface area (Å²) in [6.07, 6.45) is 2.20. The zero-order valence-electron chi connectivity index (χ0n) is 16.3. The van der Waals surface area contributed by atoms with Gasteiger partial charge in [0.2, 0.25) is 0 Å². The third-order valence-corrected chi connectivity index (χ3v) is 5.34. The number of halogens is 2.